The summed E-state index contributed by atoms with van der Waals surface area (Å²) in [5, 5.41) is 8.91. The lowest BCUT2D eigenvalue weighted by Crippen LogP contribution is -2.01. The maximum atomic E-state index is 13.6. The van der Waals surface area contributed by atoms with Crippen molar-refractivity contribution in [2.45, 2.75) is 0 Å². The summed E-state index contributed by atoms with van der Waals surface area (Å²) in [4.78, 5) is 9.62. The third-order valence-electron chi connectivity index (χ3n) is 2.73. The largest absolute Gasteiger partial charge is 0.357 e. The number of fused-ring (bicyclic) bond motifs is 1. The second-order valence-electron chi connectivity index (χ2n) is 4.04. The zero-order valence-electron chi connectivity index (χ0n) is 10.4. The van der Waals surface area contributed by atoms with Gasteiger partial charge in [0, 0.05) is 12.7 Å². The lowest BCUT2D eigenvalue weighted by atomic mass is 10.3. The minimum absolute atomic E-state index is 0.320. The van der Waals surface area contributed by atoms with Gasteiger partial charge in [0.1, 0.15) is 16.5 Å². The number of nitrogens with zero attached hydrogens (tertiary/aromatic N) is 2. The van der Waals surface area contributed by atoms with E-state index in [0.717, 1.165) is 10.2 Å². The molecule has 102 valence electrons. The first-order valence-electron chi connectivity index (χ1n) is 5.82. The van der Waals surface area contributed by atoms with E-state index >= 15 is 0 Å². The molecule has 0 saturated carbocycles. The number of benzene rings is 1. The number of hydrogen-bond acceptors (Lipinski definition) is 5. The standard InChI is InChI=1S/C13H10BrFN4S/c1-16-13-18-11(8-4-5-20-12(8)19-13)17-7-2-3-9(14)10(15)6-7/h2-6H,1H3,(H2,16,17,18,19). The number of hydrogen-bond donors (Lipinski definition) is 2. The van der Waals surface area contributed by atoms with E-state index < -0.39 is 0 Å². The van der Waals surface area contributed by atoms with Crippen LogP contribution in [0.25, 0.3) is 10.2 Å². The van der Waals surface area contributed by atoms with Gasteiger partial charge in [-0.3, -0.25) is 0 Å². The Morgan fingerprint density at radius 3 is 2.85 bits per heavy atom. The molecule has 1 aromatic carbocycles. The molecule has 0 saturated heterocycles. The highest BCUT2D eigenvalue weighted by molar-refractivity contribution is 9.10. The summed E-state index contributed by atoms with van der Waals surface area (Å²) in [6, 6.07) is 6.80. The molecule has 2 heterocycles. The van der Waals surface area contributed by atoms with E-state index in [9.17, 15) is 4.39 Å². The molecule has 4 nitrogen and oxygen atoms in total. The summed E-state index contributed by atoms with van der Waals surface area (Å²) in [6.07, 6.45) is 0. The Hall–Kier alpha value is -1.73. The summed E-state index contributed by atoms with van der Waals surface area (Å²) < 4.78 is 14.0. The highest BCUT2D eigenvalue weighted by atomic mass is 79.9. The molecule has 2 aromatic heterocycles. The van der Waals surface area contributed by atoms with Gasteiger partial charge in [-0.05, 0) is 45.6 Å². The molecular weight excluding hydrogens is 343 g/mol. The van der Waals surface area contributed by atoms with Gasteiger partial charge in [-0.2, -0.15) is 4.98 Å². The molecule has 0 bridgehead atoms. The predicted molar refractivity (Wildman–Crippen MR) is 84.3 cm³/mol. The van der Waals surface area contributed by atoms with E-state index in [4.69, 9.17) is 0 Å². The highest BCUT2D eigenvalue weighted by Crippen LogP contribution is 2.29. The lowest BCUT2D eigenvalue weighted by Gasteiger charge is -2.09. The zero-order chi connectivity index (χ0) is 14.1. The third-order valence-corrected chi connectivity index (χ3v) is 4.18. The summed E-state index contributed by atoms with van der Waals surface area (Å²) >= 11 is 4.67. The van der Waals surface area contributed by atoms with Crippen molar-refractivity contribution in [3.8, 4) is 0 Å². The van der Waals surface area contributed by atoms with Crippen LogP contribution in [0.5, 0.6) is 0 Å². The number of aromatic nitrogens is 2. The van der Waals surface area contributed by atoms with E-state index in [1.807, 2.05) is 11.4 Å². The molecule has 0 aliphatic rings. The van der Waals surface area contributed by atoms with Crippen molar-refractivity contribution in [2.24, 2.45) is 0 Å². The summed E-state index contributed by atoms with van der Waals surface area (Å²) in [6.45, 7) is 0. The van der Waals surface area contributed by atoms with Crippen LogP contribution in [0.3, 0.4) is 0 Å². The van der Waals surface area contributed by atoms with Crippen LogP contribution >= 0.6 is 27.3 Å². The Balaban J connectivity index is 2.04. The Bertz CT molecular complexity index is 774. The molecule has 0 amide bonds. The van der Waals surface area contributed by atoms with E-state index in [1.54, 1.807) is 19.2 Å². The molecule has 3 rings (SSSR count). The monoisotopic (exact) mass is 352 g/mol. The zero-order valence-corrected chi connectivity index (χ0v) is 12.8. The minimum Gasteiger partial charge on any atom is -0.357 e. The Morgan fingerprint density at radius 2 is 2.10 bits per heavy atom. The van der Waals surface area contributed by atoms with Crippen molar-refractivity contribution >= 4 is 54.9 Å². The number of rotatable bonds is 3. The molecule has 7 heteroatoms. The fraction of sp³-hybridized carbons (Fsp3) is 0.0769. The summed E-state index contributed by atoms with van der Waals surface area (Å²) in [7, 11) is 1.76. The Morgan fingerprint density at radius 1 is 1.25 bits per heavy atom. The van der Waals surface area contributed by atoms with Crippen LogP contribution in [-0.2, 0) is 0 Å². The van der Waals surface area contributed by atoms with Gasteiger partial charge in [-0.1, -0.05) is 0 Å². The van der Waals surface area contributed by atoms with E-state index in [2.05, 4.69) is 36.5 Å². The maximum absolute atomic E-state index is 13.6. The molecule has 0 aliphatic carbocycles. The SMILES string of the molecule is CNc1nc(Nc2ccc(Br)c(F)c2)c2ccsc2n1. The third kappa shape index (κ3) is 2.46. The molecule has 20 heavy (non-hydrogen) atoms. The maximum Gasteiger partial charge on any atom is 0.225 e. The van der Waals surface area contributed by atoms with E-state index in [-0.39, 0.29) is 5.82 Å². The van der Waals surface area contributed by atoms with Gasteiger partial charge in [0.15, 0.2) is 0 Å². The van der Waals surface area contributed by atoms with Gasteiger partial charge in [0.2, 0.25) is 5.95 Å². The van der Waals surface area contributed by atoms with E-state index in [0.29, 0.717) is 21.9 Å². The van der Waals surface area contributed by atoms with Crippen LogP contribution < -0.4 is 10.6 Å². The van der Waals surface area contributed by atoms with Crippen LogP contribution in [0.4, 0.5) is 21.8 Å². The highest BCUT2D eigenvalue weighted by Gasteiger charge is 2.09. The van der Waals surface area contributed by atoms with Gasteiger partial charge in [0.05, 0.1) is 9.86 Å². The quantitative estimate of drug-likeness (QED) is 0.734. The molecular formula is C13H10BrFN4S. The van der Waals surface area contributed by atoms with Crippen molar-refractivity contribution in [2.75, 3.05) is 17.7 Å². The van der Waals surface area contributed by atoms with Crippen LogP contribution in [0.1, 0.15) is 0 Å². The van der Waals surface area contributed by atoms with Crippen molar-refractivity contribution in [3.05, 3.63) is 39.9 Å². The fourth-order valence-corrected chi connectivity index (χ4v) is 2.78. The smallest absolute Gasteiger partial charge is 0.225 e. The number of anilines is 3. The number of nitrogens with one attached hydrogen (secondary N) is 2. The molecule has 0 spiro atoms. The van der Waals surface area contributed by atoms with Gasteiger partial charge < -0.3 is 10.6 Å². The molecule has 0 fully saturated rings. The normalized spacial score (nSPS) is 10.8. The first-order chi connectivity index (χ1) is 9.67. The van der Waals surface area contributed by atoms with Crippen molar-refractivity contribution in [3.63, 3.8) is 0 Å². The predicted octanol–water partition coefficient (Wildman–Crippen LogP) is 4.38. The van der Waals surface area contributed by atoms with Crippen LogP contribution in [-0.4, -0.2) is 17.0 Å². The Labute approximate surface area is 127 Å². The molecule has 0 atom stereocenters. The second-order valence-corrected chi connectivity index (χ2v) is 5.79. The molecule has 0 radical (unpaired) electrons. The molecule has 0 unspecified atom stereocenters. The van der Waals surface area contributed by atoms with Crippen LogP contribution in [0.2, 0.25) is 0 Å². The summed E-state index contributed by atoms with van der Waals surface area (Å²) in [5.74, 6) is 0.863. The lowest BCUT2D eigenvalue weighted by molar-refractivity contribution is 0.622. The van der Waals surface area contributed by atoms with Gasteiger partial charge in [0.25, 0.3) is 0 Å². The molecule has 0 aliphatic heterocycles. The Kier molecular flexibility index (Phi) is 3.54. The molecule has 2 N–H and O–H groups in total. The minimum atomic E-state index is -0.320. The van der Waals surface area contributed by atoms with Crippen molar-refractivity contribution in [1.29, 1.82) is 0 Å². The van der Waals surface area contributed by atoms with E-state index in [1.165, 1.54) is 17.4 Å². The second kappa shape index (κ2) is 5.34. The first kappa shape index (κ1) is 13.3. The average molecular weight is 353 g/mol. The van der Waals surface area contributed by atoms with Crippen molar-refractivity contribution < 1.29 is 4.39 Å². The fourth-order valence-electron chi connectivity index (χ4n) is 1.77. The van der Waals surface area contributed by atoms with Gasteiger partial charge >= 0.3 is 0 Å². The van der Waals surface area contributed by atoms with Crippen molar-refractivity contribution in [1.82, 2.24) is 9.97 Å². The first-order valence-corrected chi connectivity index (χ1v) is 7.49. The van der Waals surface area contributed by atoms with Crippen LogP contribution in [0.15, 0.2) is 34.1 Å². The van der Waals surface area contributed by atoms with Gasteiger partial charge in [-0.25, -0.2) is 9.37 Å². The molecule has 3 aromatic rings. The number of thiophene rings is 1. The van der Waals surface area contributed by atoms with Crippen LogP contribution in [0, 0.1) is 5.82 Å². The summed E-state index contributed by atoms with van der Waals surface area (Å²) in [5.41, 5.74) is 0.638. The topological polar surface area (TPSA) is 49.8 Å². The number of halogens is 2. The van der Waals surface area contributed by atoms with Gasteiger partial charge in [-0.15, -0.1) is 11.3 Å². The average Bonchev–Trinajstić information content (AvgIpc) is 2.91.